The number of nitrogens with one attached hydrogen (secondary N) is 1. The van der Waals surface area contributed by atoms with Crippen LogP contribution in [0.3, 0.4) is 0 Å². The lowest BCUT2D eigenvalue weighted by atomic mass is 10.2. The van der Waals surface area contributed by atoms with Gasteiger partial charge >= 0.3 is 0 Å². The molecule has 0 unspecified atom stereocenters. The molecule has 2 aromatic rings. The zero-order valence-electron chi connectivity index (χ0n) is 13.7. The Kier molecular flexibility index (Phi) is 5.49. The number of hydrogen-bond acceptors (Lipinski definition) is 5. The number of nitrogens with zero attached hydrogens (tertiary/aromatic N) is 1. The first kappa shape index (κ1) is 18.3. The lowest BCUT2D eigenvalue weighted by Crippen LogP contribution is -2.33. The largest absolute Gasteiger partial charge is 0.495 e. The highest BCUT2D eigenvalue weighted by Crippen LogP contribution is 2.33. The maximum absolute atomic E-state index is 13.7. The van der Waals surface area contributed by atoms with Gasteiger partial charge in [-0.2, -0.15) is 0 Å². The summed E-state index contributed by atoms with van der Waals surface area (Å²) in [6.07, 6.45) is 1.38. The van der Waals surface area contributed by atoms with Crippen LogP contribution in [0, 0.1) is 5.82 Å². The van der Waals surface area contributed by atoms with E-state index >= 15 is 0 Å². The van der Waals surface area contributed by atoms with E-state index in [1.54, 1.807) is 36.4 Å². The first-order chi connectivity index (χ1) is 12.5. The summed E-state index contributed by atoms with van der Waals surface area (Å²) in [7, 11) is 1.51. The van der Waals surface area contributed by atoms with Crippen LogP contribution >= 0.6 is 23.4 Å². The molecule has 0 spiro atoms. The summed E-state index contributed by atoms with van der Waals surface area (Å²) in [5.41, 5.74) is 0.890. The van der Waals surface area contributed by atoms with Crippen molar-refractivity contribution in [3.05, 3.63) is 63.8 Å². The summed E-state index contributed by atoms with van der Waals surface area (Å²) >= 11 is 6.82. The fourth-order valence-electron chi connectivity index (χ4n) is 2.32. The fourth-order valence-corrected chi connectivity index (χ4v) is 3.40. The molecule has 8 heteroatoms. The second-order valence-corrected chi connectivity index (χ2v) is 6.72. The van der Waals surface area contributed by atoms with Gasteiger partial charge in [0.05, 0.1) is 23.7 Å². The Hall–Kier alpha value is -2.51. The molecule has 5 nitrogen and oxygen atoms in total. The number of ether oxygens (including phenoxy) is 1. The minimum atomic E-state index is -0.477. The number of benzene rings is 2. The van der Waals surface area contributed by atoms with E-state index in [-0.39, 0.29) is 17.1 Å². The molecular formula is C18H14ClFN2O3S. The molecule has 1 fully saturated rings. The quantitative estimate of drug-likeness (QED) is 0.754. The minimum Gasteiger partial charge on any atom is -0.495 e. The van der Waals surface area contributed by atoms with Gasteiger partial charge in [-0.3, -0.25) is 14.5 Å². The van der Waals surface area contributed by atoms with Gasteiger partial charge < -0.3 is 10.1 Å². The Bertz CT molecular complexity index is 904. The van der Waals surface area contributed by atoms with Crippen LogP contribution in [0.4, 0.5) is 14.9 Å². The molecule has 1 saturated heterocycles. The summed E-state index contributed by atoms with van der Waals surface area (Å²) in [6.45, 7) is -0.0259. The predicted molar refractivity (Wildman–Crippen MR) is 101 cm³/mol. The van der Waals surface area contributed by atoms with Gasteiger partial charge in [0.1, 0.15) is 11.6 Å². The van der Waals surface area contributed by atoms with Crippen molar-refractivity contribution in [1.29, 1.82) is 0 Å². The van der Waals surface area contributed by atoms with E-state index in [9.17, 15) is 14.0 Å². The summed E-state index contributed by atoms with van der Waals surface area (Å²) in [4.78, 5) is 25.8. The molecule has 0 atom stereocenters. The number of amides is 2. The predicted octanol–water partition coefficient (Wildman–Crippen LogP) is 4.59. The van der Waals surface area contributed by atoms with Crippen LogP contribution < -0.4 is 10.1 Å². The number of rotatable bonds is 5. The number of carbonyl (C=O) groups is 2. The highest BCUT2D eigenvalue weighted by atomic mass is 35.5. The molecule has 0 aromatic heterocycles. The van der Waals surface area contributed by atoms with Gasteiger partial charge in [-0.05, 0) is 42.1 Å². The van der Waals surface area contributed by atoms with Crippen molar-refractivity contribution in [3.8, 4) is 5.75 Å². The Balaban J connectivity index is 1.71. The first-order valence-electron chi connectivity index (χ1n) is 7.57. The van der Waals surface area contributed by atoms with E-state index in [0.717, 1.165) is 16.7 Å². The third-order valence-electron chi connectivity index (χ3n) is 3.66. The van der Waals surface area contributed by atoms with Crippen LogP contribution in [0.2, 0.25) is 5.02 Å². The summed E-state index contributed by atoms with van der Waals surface area (Å²) in [6, 6.07) is 11.1. The zero-order chi connectivity index (χ0) is 18.7. The van der Waals surface area contributed by atoms with E-state index in [1.165, 1.54) is 19.3 Å². The second kappa shape index (κ2) is 7.80. The fraction of sp³-hybridized carbons (Fsp3) is 0.111. The maximum atomic E-state index is 13.7. The van der Waals surface area contributed by atoms with E-state index < -0.39 is 17.0 Å². The number of thioether (sulfide) groups is 1. The van der Waals surface area contributed by atoms with Gasteiger partial charge in [-0.1, -0.05) is 29.8 Å². The zero-order valence-corrected chi connectivity index (χ0v) is 15.2. The van der Waals surface area contributed by atoms with Crippen molar-refractivity contribution >= 4 is 46.3 Å². The van der Waals surface area contributed by atoms with Gasteiger partial charge in [0.25, 0.3) is 11.1 Å². The normalized spacial score (nSPS) is 15.7. The molecule has 0 saturated carbocycles. The molecule has 0 aliphatic carbocycles. The number of hydrogen-bond donors (Lipinski definition) is 1. The SMILES string of the molecule is COc1ccc(NCN2C(=O)SC(=Cc3ccccc3F)C2=O)cc1Cl. The molecule has 26 heavy (non-hydrogen) atoms. The van der Waals surface area contributed by atoms with Crippen molar-refractivity contribution in [2.45, 2.75) is 0 Å². The van der Waals surface area contributed by atoms with E-state index in [1.807, 2.05) is 0 Å². The third-order valence-corrected chi connectivity index (χ3v) is 4.86. The van der Waals surface area contributed by atoms with Gasteiger partial charge in [0, 0.05) is 11.3 Å². The van der Waals surface area contributed by atoms with Crippen molar-refractivity contribution in [3.63, 3.8) is 0 Å². The van der Waals surface area contributed by atoms with Crippen LogP contribution in [0.25, 0.3) is 6.08 Å². The molecule has 2 aromatic carbocycles. The number of anilines is 1. The molecule has 0 bridgehead atoms. The number of carbonyl (C=O) groups excluding carboxylic acids is 2. The number of halogens is 2. The summed E-state index contributed by atoms with van der Waals surface area (Å²) < 4.78 is 18.8. The number of imide groups is 1. The van der Waals surface area contributed by atoms with Crippen LogP contribution in [0.5, 0.6) is 5.75 Å². The average molecular weight is 393 g/mol. The molecular weight excluding hydrogens is 379 g/mol. The second-order valence-electron chi connectivity index (χ2n) is 5.32. The molecule has 1 heterocycles. The van der Waals surface area contributed by atoms with E-state index in [4.69, 9.17) is 16.3 Å². The van der Waals surface area contributed by atoms with Crippen LogP contribution in [0.15, 0.2) is 47.4 Å². The monoisotopic (exact) mass is 392 g/mol. The molecule has 0 radical (unpaired) electrons. The molecule has 134 valence electrons. The van der Waals surface area contributed by atoms with Gasteiger partial charge in [0.2, 0.25) is 0 Å². The number of methoxy groups -OCH3 is 1. The van der Waals surface area contributed by atoms with Crippen LogP contribution in [-0.2, 0) is 4.79 Å². The molecule has 1 aliphatic rings. The maximum Gasteiger partial charge on any atom is 0.295 e. The smallest absolute Gasteiger partial charge is 0.295 e. The van der Waals surface area contributed by atoms with Gasteiger partial charge in [-0.15, -0.1) is 0 Å². The summed E-state index contributed by atoms with van der Waals surface area (Å²) in [5, 5.41) is 2.95. The molecule has 1 aliphatic heterocycles. The van der Waals surface area contributed by atoms with Crippen molar-refractivity contribution in [2.24, 2.45) is 0 Å². The molecule has 3 rings (SSSR count). The lowest BCUT2D eigenvalue weighted by molar-refractivity contribution is -0.122. The van der Waals surface area contributed by atoms with Crippen molar-refractivity contribution in [2.75, 3.05) is 19.1 Å². The Labute approximate surface area is 158 Å². The average Bonchev–Trinajstić information content (AvgIpc) is 2.88. The van der Waals surface area contributed by atoms with Crippen molar-refractivity contribution in [1.82, 2.24) is 4.90 Å². The Morgan fingerprint density at radius 2 is 2.04 bits per heavy atom. The Morgan fingerprint density at radius 1 is 1.27 bits per heavy atom. The third kappa shape index (κ3) is 3.84. The topological polar surface area (TPSA) is 58.6 Å². The van der Waals surface area contributed by atoms with E-state index in [0.29, 0.717) is 16.5 Å². The molecule has 1 N–H and O–H groups in total. The van der Waals surface area contributed by atoms with Gasteiger partial charge in [-0.25, -0.2) is 4.39 Å². The Morgan fingerprint density at radius 3 is 2.73 bits per heavy atom. The first-order valence-corrected chi connectivity index (χ1v) is 8.76. The summed E-state index contributed by atoms with van der Waals surface area (Å²) in [5.74, 6) is -0.406. The minimum absolute atomic E-state index is 0.0259. The van der Waals surface area contributed by atoms with E-state index in [2.05, 4.69) is 5.32 Å². The van der Waals surface area contributed by atoms with Crippen molar-refractivity contribution < 1.29 is 18.7 Å². The highest BCUT2D eigenvalue weighted by molar-refractivity contribution is 8.18. The molecule has 2 amide bonds. The van der Waals surface area contributed by atoms with Gasteiger partial charge in [0.15, 0.2) is 0 Å². The lowest BCUT2D eigenvalue weighted by Gasteiger charge is -2.15. The standard InChI is InChI=1S/C18H14ClFN2O3S/c1-25-15-7-6-12(9-13(15)19)21-10-22-17(23)16(26-18(22)24)8-11-4-2-3-5-14(11)20/h2-9,21H,10H2,1H3. The van der Waals surface area contributed by atoms with Crippen LogP contribution in [-0.4, -0.2) is 29.8 Å². The highest BCUT2D eigenvalue weighted by Gasteiger charge is 2.35. The van der Waals surface area contributed by atoms with Crippen LogP contribution in [0.1, 0.15) is 5.56 Å².